The van der Waals surface area contributed by atoms with E-state index in [0.29, 0.717) is 19.4 Å². The Balaban J connectivity index is 1.74. The molecule has 0 radical (unpaired) electrons. The zero-order valence-corrected chi connectivity index (χ0v) is 13.5. The first-order valence-corrected chi connectivity index (χ1v) is 7.73. The van der Waals surface area contributed by atoms with E-state index in [1.807, 2.05) is 31.2 Å². The van der Waals surface area contributed by atoms with Gasteiger partial charge in [0.05, 0.1) is 7.11 Å². The van der Waals surface area contributed by atoms with Crippen molar-refractivity contribution in [2.24, 2.45) is 0 Å². The summed E-state index contributed by atoms with van der Waals surface area (Å²) in [4.78, 5) is 11.9. The molecular weight excluding hydrogens is 293 g/mol. The van der Waals surface area contributed by atoms with Crippen molar-refractivity contribution in [3.05, 3.63) is 65.5 Å². The lowest BCUT2D eigenvalue weighted by Gasteiger charge is -2.13. The predicted octanol–water partition coefficient (Wildman–Crippen LogP) is 3.69. The minimum Gasteiger partial charge on any atom is -0.497 e. The molecule has 1 amide bonds. The molecule has 0 heterocycles. The molecule has 2 aromatic carbocycles. The number of hydrogen-bond donors (Lipinski definition) is 1. The highest BCUT2D eigenvalue weighted by atomic mass is 19.1. The van der Waals surface area contributed by atoms with Gasteiger partial charge in [-0.1, -0.05) is 31.2 Å². The van der Waals surface area contributed by atoms with Crippen LogP contribution in [0, 0.1) is 5.82 Å². The average Bonchev–Trinajstić information content (AvgIpc) is 2.59. The van der Waals surface area contributed by atoms with Crippen molar-refractivity contribution in [2.75, 3.05) is 13.7 Å². The van der Waals surface area contributed by atoms with Crippen LogP contribution in [-0.2, 0) is 11.2 Å². The van der Waals surface area contributed by atoms with E-state index in [1.165, 1.54) is 12.1 Å². The number of nitrogens with one attached hydrogen (secondary N) is 1. The maximum Gasteiger partial charge on any atom is 0.220 e. The van der Waals surface area contributed by atoms with Crippen molar-refractivity contribution in [2.45, 2.75) is 25.7 Å². The van der Waals surface area contributed by atoms with Crippen LogP contribution in [0.15, 0.2) is 48.5 Å². The van der Waals surface area contributed by atoms with Crippen molar-refractivity contribution in [3.8, 4) is 5.75 Å². The summed E-state index contributed by atoms with van der Waals surface area (Å²) < 4.78 is 18.0. The largest absolute Gasteiger partial charge is 0.497 e. The number of aryl methyl sites for hydroxylation is 1. The second-order valence-electron chi connectivity index (χ2n) is 5.60. The van der Waals surface area contributed by atoms with Gasteiger partial charge < -0.3 is 10.1 Å². The lowest BCUT2D eigenvalue weighted by molar-refractivity contribution is -0.121. The summed E-state index contributed by atoms with van der Waals surface area (Å²) in [6.45, 7) is 2.56. The second kappa shape index (κ2) is 8.32. The first kappa shape index (κ1) is 17.0. The smallest absolute Gasteiger partial charge is 0.220 e. The van der Waals surface area contributed by atoms with Crippen LogP contribution in [0.4, 0.5) is 4.39 Å². The fourth-order valence-corrected chi connectivity index (χ4v) is 2.31. The molecule has 2 aromatic rings. The summed E-state index contributed by atoms with van der Waals surface area (Å²) in [6, 6.07) is 14.1. The third-order valence-electron chi connectivity index (χ3n) is 3.84. The fraction of sp³-hybridized carbons (Fsp3) is 0.316. The molecule has 1 N–H and O–H groups in total. The third-order valence-corrected chi connectivity index (χ3v) is 3.84. The number of ether oxygens (including phenoxy) is 1. The van der Waals surface area contributed by atoms with Gasteiger partial charge in [0.1, 0.15) is 11.6 Å². The zero-order valence-electron chi connectivity index (χ0n) is 13.5. The molecule has 0 fully saturated rings. The molecule has 4 heteroatoms. The molecule has 23 heavy (non-hydrogen) atoms. The van der Waals surface area contributed by atoms with Crippen molar-refractivity contribution in [3.63, 3.8) is 0 Å². The van der Waals surface area contributed by atoms with Gasteiger partial charge in [-0.15, -0.1) is 0 Å². The Morgan fingerprint density at radius 1 is 1.13 bits per heavy atom. The van der Waals surface area contributed by atoms with Gasteiger partial charge in [0.25, 0.3) is 0 Å². The molecule has 0 bridgehead atoms. The summed E-state index contributed by atoms with van der Waals surface area (Å²) in [6.07, 6.45) is 1.14. The van der Waals surface area contributed by atoms with Crippen molar-refractivity contribution >= 4 is 5.91 Å². The Morgan fingerprint density at radius 2 is 1.78 bits per heavy atom. The maximum atomic E-state index is 12.9. The topological polar surface area (TPSA) is 38.3 Å². The maximum absolute atomic E-state index is 12.9. The standard InChI is InChI=1S/C19H22FNO2/c1-14(16-6-8-17(20)9-7-16)13-21-19(22)12-5-15-3-10-18(23-2)11-4-15/h3-4,6-11,14H,5,12-13H2,1-2H3,(H,21,22). The monoisotopic (exact) mass is 315 g/mol. The van der Waals surface area contributed by atoms with Crippen molar-refractivity contribution in [1.29, 1.82) is 0 Å². The van der Waals surface area contributed by atoms with Crippen LogP contribution in [0.3, 0.4) is 0 Å². The average molecular weight is 315 g/mol. The van der Waals surface area contributed by atoms with Crippen LogP contribution in [0.1, 0.15) is 30.4 Å². The highest BCUT2D eigenvalue weighted by Gasteiger charge is 2.08. The van der Waals surface area contributed by atoms with E-state index < -0.39 is 0 Å². The van der Waals surface area contributed by atoms with Crippen LogP contribution in [-0.4, -0.2) is 19.6 Å². The number of carbonyl (C=O) groups is 1. The van der Waals surface area contributed by atoms with Crippen LogP contribution < -0.4 is 10.1 Å². The Morgan fingerprint density at radius 3 is 2.39 bits per heavy atom. The number of methoxy groups -OCH3 is 1. The normalized spacial score (nSPS) is 11.8. The summed E-state index contributed by atoms with van der Waals surface area (Å²) >= 11 is 0. The third kappa shape index (κ3) is 5.40. The summed E-state index contributed by atoms with van der Waals surface area (Å²) in [5.74, 6) is 0.742. The van der Waals surface area contributed by atoms with Gasteiger partial charge in [-0.05, 0) is 47.7 Å². The molecule has 1 unspecified atom stereocenters. The molecule has 2 rings (SSSR count). The molecule has 3 nitrogen and oxygen atoms in total. The van der Waals surface area contributed by atoms with E-state index in [-0.39, 0.29) is 17.6 Å². The van der Waals surface area contributed by atoms with E-state index in [9.17, 15) is 9.18 Å². The summed E-state index contributed by atoms with van der Waals surface area (Å²) in [5, 5.41) is 2.93. The lowest BCUT2D eigenvalue weighted by Crippen LogP contribution is -2.27. The number of carbonyl (C=O) groups excluding carboxylic acids is 1. The Labute approximate surface area is 136 Å². The Hall–Kier alpha value is -2.36. The molecule has 0 saturated heterocycles. The molecule has 0 aliphatic carbocycles. The number of benzene rings is 2. The van der Waals surface area contributed by atoms with Gasteiger partial charge in [0.15, 0.2) is 0 Å². The van der Waals surface area contributed by atoms with Gasteiger partial charge in [-0.3, -0.25) is 4.79 Å². The lowest BCUT2D eigenvalue weighted by atomic mass is 10.0. The minimum absolute atomic E-state index is 0.0229. The van der Waals surface area contributed by atoms with Gasteiger partial charge in [0, 0.05) is 13.0 Å². The molecule has 122 valence electrons. The van der Waals surface area contributed by atoms with Crippen molar-refractivity contribution in [1.82, 2.24) is 5.32 Å². The number of rotatable bonds is 7. The first-order valence-electron chi connectivity index (χ1n) is 7.73. The van der Waals surface area contributed by atoms with Crippen LogP contribution in [0.25, 0.3) is 0 Å². The number of halogens is 1. The summed E-state index contributed by atoms with van der Waals surface area (Å²) in [7, 11) is 1.63. The molecule has 0 aliphatic heterocycles. The van der Waals surface area contributed by atoms with E-state index in [4.69, 9.17) is 4.74 Å². The van der Waals surface area contributed by atoms with Crippen LogP contribution in [0.2, 0.25) is 0 Å². The molecule has 0 spiro atoms. The van der Waals surface area contributed by atoms with Crippen LogP contribution >= 0.6 is 0 Å². The predicted molar refractivity (Wildman–Crippen MR) is 89.1 cm³/mol. The Kier molecular flexibility index (Phi) is 6.15. The summed E-state index contributed by atoms with van der Waals surface area (Å²) in [5.41, 5.74) is 2.12. The molecule has 1 atom stereocenters. The molecular formula is C19H22FNO2. The van der Waals surface area contributed by atoms with Crippen molar-refractivity contribution < 1.29 is 13.9 Å². The molecule has 0 aromatic heterocycles. The highest BCUT2D eigenvalue weighted by Crippen LogP contribution is 2.15. The van der Waals surface area contributed by atoms with E-state index in [1.54, 1.807) is 19.2 Å². The Bertz CT molecular complexity index is 623. The number of hydrogen-bond acceptors (Lipinski definition) is 2. The molecule has 0 saturated carbocycles. The molecule has 0 aliphatic rings. The van der Waals surface area contributed by atoms with Gasteiger partial charge in [-0.25, -0.2) is 4.39 Å². The first-order chi connectivity index (χ1) is 11.1. The van der Waals surface area contributed by atoms with Crippen LogP contribution in [0.5, 0.6) is 5.75 Å². The van der Waals surface area contributed by atoms with E-state index in [2.05, 4.69) is 5.32 Å². The van der Waals surface area contributed by atoms with Gasteiger partial charge in [0.2, 0.25) is 5.91 Å². The zero-order chi connectivity index (χ0) is 16.7. The SMILES string of the molecule is COc1ccc(CCC(=O)NCC(C)c2ccc(F)cc2)cc1. The quantitative estimate of drug-likeness (QED) is 0.846. The van der Waals surface area contributed by atoms with Gasteiger partial charge in [-0.2, -0.15) is 0 Å². The van der Waals surface area contributed by atoms with Gasteiger partial charge >= 0.3 is 0 Å². The fourth-order valence-electron chi connectivity index (χ4n) is 2.31. The van der Waals surface area contributed by atoms with E-state index in [0.717, 1.165) is 16.9 Å². The highest BCUT2D eigenvalue weighted by molar-refractivity contribution is 5.76. The van der Waals surface area contributed by atoms with E-state index >= 15 is 0 Å². The number of amides is 1. The second-order valence-corrected chi connectivity index (χ2v) is 5.60. The minimum atomic E-state index is -0.246.